The Kier molecular flexibility index (Phi) is 10.4. The van der Waals surface area contributed by atoms with E-state index >= 15 is 0 Å². The number of furan rings is 1. The number of benzene rings is 2. The fraction of sp³-hybridized carbons (Fsp3) is 0.314. The lowest BCUT2D eigenvalue weighted by molar-refractivity contribution is -0.139. The van der Waals surface area contributed by atoms with Crippen LogP contribution in [0.5, 0.6) is 11.5 Å². The van der Waals surface area contributed by atoms with E-state index in [2.05, 4.69) is 0 Å². The molecule has 0 amide bonds. The van der Waals surface area contributed by atoms with Gasteiger partial charge in [-0.15, -0.1) is 0 Å². The molecule has 246 valence electrons. The van der Waals surface area contributed by atoms with Gasteiger partial charge in [0, 0.05) is 22.2 Å². The molecule has 10 nitrogen and oxygen atoms in total. The minimum Gasteiger partial charge on any atom is -0.497 e. The Bertz CT molecular complexity index is 2040. The number of allylic oxidation sites excluding steroid dienone is 1. The molecule has 0 spiro atoms. The summed E-state index contributed by atoms with van der Waals surface area (Å²) in [6.45, 7) is 7.41. The molecular weight excluding hydrogens is 644 g/mol. The Hall–Kier alpha value is -4.61. The van der Waals surface area contributed by atoms with Crippen LogP contribution in [0.2, 0.25) is 5.02 Å². The van der Waals surface area contributed by atoms with E-state index < -0.39 is 18.0 Å². The molecule has 1 aliphatic heterocycles. The Morgan fingerprint density at radius 2 is 1.85 bits per heavy atom. The summed E-state index contributed by atoms with van der Waals surface area (Å²) < 4.78 is 30.0. The van der Waals surface area contributed by atoms with E-state index in [0.717, 1.165) is 0 Å². The summed E-state index contributed by atoms with van der Waals surface area (Å²) in [5, 5.41) is 0.417. The highest BCUT2D eigenvalue weighted by Crippen LogP contribution is 2.39. The smallest absolute Gasteiger partial charge is 0.339 e. The molecule has 2 aromatic carbocycles. The zero-order valence-corrected chi connectivity index (χ0v) is 28.5. The first-order valence-electron chi connectivity index (χ1n) is 15.1. The van der Waals surface area contributed by atoms with Gasteiger partial charge in [0.1, 0.15) is 29.1 Å². The second-order valence-corrected chi connectivity index (χ2v) is 12.3. The Morgan fingerprint density at radius 3 is 2.53 bits per heavy atom. The maximum Gasteiger partial charge on any atom is 0.339 e. The van der Waals surface area contributed by atoms with Crippen molar-refractivity contribution in [1.29, 1.82) is 0 Å². The minimum absolute atomic E-state index is 0.151. The number of rotatable bonds is 11. The molecule has 5 rings (SSSR count). The molecule has 0 radical (unpaired) electrons. The average molecular weight is 679 g/mol. The third kappa shape index (κ3) is 6.91. The van der Waals surface area contributed by atoms with Gasteiger partial charge in [0.15, 0.2) is 4.80 Å². The predicted octanol–water partition coefficient (Wildman–Crippen LogP) is 6.07. The Balaban J connectivity index is 1.69. The van der Waals surface area contributed by atoms with E-state index in [1.807, 2.05) is 6.92 Å². The lowest BCUT2D eigenvalue weighted by Gasteiger charge is -2.27. The number of fused-ring (bicyclic) bond motifs is 1. The topological polar surface area (TPSA) is 119 Å². The van der Waals surface area contributed by atoms with Gasteiger partial charge in [-0.3, -0.25) is 9.36 Å². The number of aromatic nitrogens is 1. The van der Waals surface area contributed by atoms with Crippen LogP contribution in [0.15, 0.2) is 74.0 Å². The van der Waals surface area contributed by atoms with Crippen LogP contribution in [0, 0.1) is 0 Å². The van der Waals surface area contributed by atoms with Crippen molar-refractivity contribution in [2.45, 2.75) is 52.7 Å². The number of esters is 2. The molecule has 0 saturated carbocycles. The van der Waals surface area contributed by atoms with Crippen LogP contribution in [0.25, 0.3) is 17.4 Å². The molecule has 12 heteroatoms. The summed E-state index contributed by atoms with van der Waals surface area (Å²) in [4.78, 5) is 45.8. The van der Waals surface area contributed by atoms with Crippen molar-refractivity contribution >= 4 is 41.0 Å². The van der Waals surface area contributed by atoms with Gasteiger partial charge in [-0.05, 0) is 75.7 Å². The number of halogens is 1. The average Bonchev–Trinajstić information content (AvgIpc) is 3.63. The minimum atomic E-state index is -0.896. The highest BCUT2D eigenvalue weighted by atomic mass is 35.5. The number of hydrogen-bond donors (Lipinski definition) is 0. The fourth-order valence-corrected chi connectivity index (χ4v) is 6.52. The summed E-state index contributed by atoms with van der Waals surface area (Å²) >= 11 is 7.45. The van der Waals surface area contributed by atoms with Crippen molar-refractivity contribution in [2.75, 3.05) is 20.8 Å². The van der Waals surface area contributed by atoms with Crippen LogP contribution in [0.1, 0.15) is 68.3 Å². The van der Waals surface area contributed by atoms with Crippen LogP contribution < -0.4 is 24.4 Å². The molecule has 0 bridgehead atoms. The monoisotopic (exact) mass is 678 g/mol. The first kappa shape index (κ1) is 33.7. The number of ether oxygens (including phenoxy) is 4. The maximum atomic E-state index is 14.2. The molecule has 0 N–H and O–H groups in total. The van der Waals surface area contributed by atoms with E-state index in [1.54, 1.807) is 82.5 Å². The van der Waals surface area contributed by atoms with Gasteiger partial charge in [-0.1, -0.05) is 36.3 Å². The lowest BCUT2D eigenvalue weighted by atomic mass is 9.93. The van der Waals surface area contributed by atoms with Crippen LogP contribution in [0.3, 0.4) is 0 Å². The van der Waals surface area contributed by atoms with Crippen molar-refractivity contribution in [3.63, 3.8) is 0 Å². The normalized spacial score (nSPS) is 14.6. The van der Waals surface area contributed by atoms with Crippen molar-refractivity contribution in [1.82, 2.24) is 4.57 Å². The summed E-state index contributed by atoms with van der Waals surface area (Å²) in [6.07, 6.45) is 2.50. The molecule has 1 aliphatic rings. The molecule has 2 aromatic heterocycles. The summed E-state index contributed by atoms with van der Waals surface area (Å²) in [5.41, 5.74) is 1.72. The van der Waals surface area contributed by atoms with Gasteiger partial charge in [0.25, 0.3) is 5.56 Å². The van der Waals surface area contributed by atoms with Gasteiger partial charge in [-0.25, -0.2) is 14.6 Å². The first-order valence-corrected chi connectivity index (χ1v) is 16.3. The number of methoxy groups -OCH3 is 2. The van der Waals surface area contributed by atoms with E-state index in [4.69, 9.17) is 40.0 Å². The third-order valence-corrected chi connectivity index (χ3v) is 8.55. The number of nitrogens with zero attached hydrogens (tertiary/aromatic N) is 2. The fourth-order valence-electron chi connectivity index (χ4n) is 5.35. The second kappa shape index (κ2) is 14.4. The lowest BCUT2D eigenvalue weighted by Crippen LogP contribution is -2.40. The molecule has 3 heterocycles. The number of carbonyl (C=O) groups excluding carboxylic acids is 2. The maximum absolute atomic E-state index is 14.2. The molecule has 0 unspecified atom stereocenters. The second-order valence-electron chi connectivity index (χ2n) is 10.9. The van der Waals surface area contributed by atoms with E-state index in [9.17, 15) is 14.4 Å². The highest BCUT2D eigenvalue weighted by molar-refractivity contribution is 7.07. The van der Waals surface area contributed by atoms with Gasteiger partial charge in [0.2, 0.25) is 0 Å². The summed E-state index contributed by atoms with van der Waals surface area (Å²) in [5.74, 6) is 0.660. The molecule has 0 saturated heterocycles. The van der Waals surface area contributed by atoms with Crippen molar-refractivity contribution in [3.8, 4) is 22.8 Å². The molecule has 4 aromatic rings. The highest BCUT2D eigenvalue weighted by Gasteiger charge is 2.36. The summed E-state index contributed by atoms with van der Waals surface area (Å²) in [6, 6.07) is 12.6. The predicted molar refractivity (Wildman–Crippen MR) is 179 cm³/mol. The standard InChI is InChI=1S/C35H35ClN2O8S/c1-7-9-26-30(34(41)44-8-2)31(25-17-21(42-5)11-14-27(25)43-6)38-32(39)29(47-35(38)37-26)18-22-12-15-28(46-22)24-16-20(36)10-13-23(24)33(40)45-19(3)4/h10-19,31H,7-9H2,1-6H3/b29-18-/t31-/m0/s1. The number of carbonyl (C=O) groups is 2. The van der Waals surface area contributed by atoms with Gasteiger partial charge >= 0.3 is 11.9 Å². The summed E-state index contributed by atoms with van der Waals surface area (Å²) in [7, 11) is 3.07. The van der Waals surface area contributed by atoms with Crippen molar-refractivity contribution < 1.29 is 33.0 Å². The Morgan fingerprint density at radius 1 is 1.06 bits per heavy atom. The quantitative estimate of drug-likeness (QED) is 0.175. The van der Waals surface area contributed by atoms with E-state index in [0.29, 0.717) is 72.6 Å². The van der Waals surface area contributed by atoms with Crippen LogP contribution >= 0.6 is 22.9 Å². The van der Waals surface area contributed by atoms with E-state index in [-0.39, 0.29) is 23.8 Å². The molecule has 0 fully saturated rings. The molecular formula is C35H35ClN2O8S. The zero-order chi connectivity index (χ0) is 33.8. The van der Waals surface area contributed by atoms with Crippen molar-refractivity contribution in [2.24, 2.45) is 4.99 Å². The number of hydrogen-bond acceptors (Lipinski definition) is 10. The molecule has 47 heavy (non-hydrogen) atoms. The van der Waals surface area contributed by atoms with Gasteiger partial charge in [0.05, 0.1) is 48.3 Å². The zero-order valence-electron chi connectivity index (χ0n) is 26.9. The van der Waals surface area contributed by atoms with Gasteiger partial charge in [-0.2, -0.15) is 0 Å². The molecule has 1 atom stereocenters. The molecule has 0 aliphatic carbocycles. The van der Waals surface area contributed by atoms with Crippen LogP contribution in [0.4, 0.5) is 0 Å². The van der Waals surface area contributed by atoms with Crippen LogP contribution in [-0.2, 0) is 14.3 Å². The Labute approximate surface area is 280 Å². The van der Waals surface area contributed by atoms with Crippen LogP contribution in [-0.4, -0.2) is 43.4 Å². The first-order chi connectivity index (χ1) is 22.6. The van der Waals surface area contributed by atoms with E-state index in [1.165, 1.54) is 23.0 Å². The third-order valence-electron chi connectivity index (χ3n) is 7.33. The largest absolute Gasteiger partial charge is 0.497 e. The number of thiazole rings is 1. The SMILES string of the molecule is CCCC1=C(C(=O)OCC)[C@H](c2cc(OC)ccc2OC)n2c(s/c(=C\c3ccc(-c4cc(Cl)ccc4C(=O)OC(C)C)o3)c2=O)=N1. The van der Waals surface area contributed by atoms with Gasteiger partial charge < -0.3 is 23.4 Å². The van der Waals surface area contributed by atoms with Crippen molar-refractivity contribution in [3.05, 3.63) is 101 Å².